The van der Waals surface area contributed by atoms with Crippen molar-refractivity contribution in [2.24, 2.45) is 0 Å². The van der Waals surface area contributed by atoms with Gasteiger partial charge in [-0.15, -0.1) is 0 Å². The van der Waals surface area contributed by atoms with E-state index >= 15 is 0 Å². The first-order valence-electron chi connectivity index (χ1n) is 7.25. The van der Waals surface area contributed by atoms with Crippen LogP contribution < -0.4 is 10.1 Å². The van der Waals surface area contributed by atoms with E-state index in [0.717, 1.165) is 15.9 Å². The Bertz CT molecular complexity index is 593. The zero-order valence-corrected chi connectivity index (χ0v) is 14.6. The first-order chi connectivity index (χ1) is 9.95. The lowest BCUT2D eigenvalue weighted by atomic mass is 10.1. The highest BCUT2D eigenvalue weighted by atomic mass is 79.9. The van der Waals surface area contributed by atoms with Crippen LogP contribution in [0.1, 0.15) is 37.9 Å². The van der Waals surface area contributed by atoms with Crippen molar-refractivity contribution in [2.45, 2.75) is 39.8 Å². The van der Waals surface area contributed by atoms with Crippen molar-refractivity contribution in [1.29, 1.82) is 0 Å². The van der Waals surface area contributed by atoms with Crippen molar-refractivity contribution in [1.82, 2.24) is 0 Å². The molecule has 0 fully saturated rings. The molecule has 0 heterocycles. The topological polar surface area (TPSA) is 21.3 Å². The first kappa shape index (κ1) is 15.9. The number of hydrogen-bond donors (Lipinski definition) is 1. The Hall–Kier alpha value is -1.48. The SMILES string of the molecule is Cc1cc(Br)ccc1NC(C)c1ccc(OC(C)C)cc1. The van der Waals surface area contributed by atoms with E-state index in [9.17, 15) is 0 Å². The summed E-state index contributed by atoms with van der Waals surface area (Å²) >= 11 is 3.49. The van der Waals surface area contributed by atoms with Crippen LogP contribution in [0.5, 0.6) is 5.75 Å². The van der Waals surface area contributed by atoms with Crippen LogP contribution in [0.3, 0.4) is 0 Å². The summed E-state index contributed by atoms with van der Waals surface area (Å²) in [5, 5.41) is 3.55. The van der Waals surface area contributed by atoms with E-state index in [2.05, 4.69) is 65.4 Å². The predicted molar refractivity (Wildman–Crippen MR) is 93.1 cm³/mol. The molecule has 0 aliphatic carbocycles. The van der Waals surface area contributed by atoms with Crippen molar-refractivity contribution in [2.75, 3.05) is 5.32 Å². The van der Waals surface area contributed by atoms with Crippen molar-refractivity contribution in [3.05, 3.63) is 58.1 Å². The van der Waals surface area contributed by atoms with E-state index < -0.39 is 0 Å². The number of ether oxygens (including phenoxy) is 1. The molecule has 0 radical (unpaired) electrons. The van der Waals surface area contributed by atoms with Gasteiger partial charge in [-0.05, 0) is 69.2 Å². The predicted octanol–water partition coefficient (Wildman–Crippen LogP) is 5.72. The average molecular weight is 348 g/mol. The Morgan fingerprint density at radius 3 is 2.24 bits per heavy atom. The van der Waals surface area contributed by atoms with Gasteiger partial charge in [-0.1, -0.05) is 28.1 Å². The summed E-state index contributed by atoms with van der Waals surface area (Å²) in [7, 11) is 0. The fourth-order valence-electron chi connectivity index (χ4n) is 2.21. The molecule has 0 bridgehead atoms. The number of hydrogen-bond acceptors (Lipinski definition) is 2. The van der Waals surface area contributed by atoms with Gasteiger partial charge in [0.1, 0.15) is 5.75 Å². The Morgan fingerprint density at radius 1 is 1.00 bits per heavy atom. The molecule has 0 aromatic heterocycles. The van der Waals surface area contributed by atoms with Crippen molar-refractivity contribution in [3.63, 3.8) is 0 Å². The molecule has 1 atom stereocenters. The molecular weight excluding hydrogens is 326 g/mol. The number of rotatable bonds is 5. The standard InChI is InChI=1S/C18H22BrNO/c1-12(2)21-17-8-5-15(6-9-17)14(4)20-18-10-7-16(19)11-13(18)3/h5-12,14,20H,1-4H3. The minimum Gasteiger partial charge on any atom is -0.491 e. The molecule has 0 saturated heterocycles. The summed E-state index contributed by atoms with van der Waals surface area (Å²) in [4.78, 5) is 0. The van der Waals surface area contributed by atoms with Crippen LogP contribution in [0.4, 0.5) is 5.69 Å². The molecule has 1 N–H and O–H groups in total. The molecule has 1 unspecified atom stereocenters. The molecule has 2 rings (SSSR count). The van der Waals surface area contributed by atoms with E-state index in [4.69, 9.17) is 4.74 Å². The van der Waals surface area contributed by atoms with Gasteiger partial charge in [0.25, 0.3) is 0 Å². The van der Waals surface area contributed by atoms with Crippen LogP contribution in [-0.4, -0.2) is 6.10 Å². The lowest BCUT2D eigenvalue weighted by Crippen LogP contribution is -2.08. The van der Waals surface area contributed by atoms with Gasteiger partial charge in [0.15, 0.2) is 0 Å². The Labute approximate surface area is 135 Å². The lowest BCUT2D eigenvalue weighted by Gasteiger charge is -2.18. The Balaban J connectivity index is 2.07. The molecule has 2 aromatic carbocycles. The normalized spacial score (nSPS) is 12.3. The highest BCUT2D eigenvalue weighted by Crippen LogP contribution is 2.26. The Kier molecular flexibility index (Phi) is 5.29. The summed E-state index contributed by atoms with van der Waals surface area (Å²) in [6.45, 7) is 8.35. The van der Waals surface area contributed by atoms with Crippen LogP contribution in [0.25, 0.3) is 0 Å². The first-order valence-corrected chi connectivity index (χ1v) is 8.04. The van der Waals surface area contributed by atoms with E-state index in [1.54, 1.807) is 0 Å². The number of anilines is 1. The fourth-order valence-corrected chi connectivity index (χ4v) is 2.69. The number of benzene rings is 2. The maximum atomic E-state index is 5.67. The van der Waals surface area contributed by atoms with E-state index in [1.807, 2.05) is 26.0 Å². The lowest BCUT2D eigenvalue weighted by molar-refractivity contribution is 0.242. The van der Waals surface area contributed by atoms with Crippen LogP contribution in [0.2, 0.25) is 0 Å². The smallest absolute Gasteiger partial charge is 0.119 e. The second kappa shape index (κ2) is 6.99. The molecule has 0 amide bonds. The van der Waals surface area contributed by atoms with Crippen LogP contribution in [-0.2, 0) is 0 Å². The summed E-state index contributed by atoms with van der Waals surface area (Å²) < 4.78 is 6.78. The van der Waals surface area contributed by atoms with E-state index in [-0.39, 0.29) is 12.1 Å². The van der Waals surface area contributed by atoms with Gasteiger partial charge in [0, 0.05) is 16.2 Å². The van der Waals surface area contributed by atoms with Gasteiger partial charge in [0.05, 0.1) is 6.10 Å². The molecule has 0 saturated carbocycles. The van der Waals surface area contributed by atoms with Gasteiger partial charge in [-0.3, -0.25) is 0 Å². The zero-order chi connectivity index (χ0) is 15.4. The van der Waals surface area contributed by atoms with E-state index in [1.165, 1.54) is 11.1 Å². The second-order valence-electron chi connectivity index (χ2n) is 5.56. The highest BCUT2D eigenvalue weighted by Gasteiger charge is 2.08. The van der Waals surface area contributed by atoms with Crippen molar-refractivity contribution in [3.8, 4) is 5.75 Å². The molecule has 112 valence electrons. The molecule has 3 heteroatoms. The van der Waals surface area contributed by atoms with Gasteiger partial charge < -0.3 is 10.1 Å². The maximum absolute atomic E-state index is 5.67. The number of nitrogens with one attached hydrogen (secondary N) is 1. The van der Waals surface area contributed by atoms with Crippen molar-refractivity contribution < 1.29 is 4.74 Å². The molecule has 0 spiro atoms. The summed E-state index contributed by atoms with van der Waals surface area (Å²) in [5.41, 5.74) is 3.64. The Morgan fingerprint density at radius 2 is 1.67 bits per heavy atom. The summed E-state index contributed by atoms with van der Waals surface area (Å²) in [5.74, 6) is 0.917. The van der Waals surface area contributed by atoms with Gasteiger partial charge >= 0.3 is 0 Å². The van der Waals surface area contributed by atoms with Gasteiger partial charge in [-0.25, -0.2) is 0 Å². The van der Waals surface area contributed by atoms with Crippen molar-refractivity contribution >= 4 is 21.6 Å². The highest BCUT2D eigenvalue weighted by molar-refractivity contribution is 9.10. The zero-order valence-electron chi connectivity index (χ0n) is 13.0. The molecule has 21 heavy (non-hydrogen) atoms. The second-order valence-corrected chi connectivity index (χ2v) is 6.48. The third-order valence-electron chi connectivity index (χ3n) is 3.31. The summed E-state index contributed by atoms with van der Waals surface area (Å²) in [6.07, 6.45) is 0.205. The van der Waals surface area contributed by atoms with Crippen LogP contribution in [0.15, 0.2) is 46.9 Å². The van der Waals surface area contributed by atoms with Gasteiger partial charge in [-0.2, -0.15) is 0 Å². The number of halogens is 1. The summed E-state index contributed by atoms with van der Waals surface area (Å²) in [6, 6.07) is 14.8. The van der Waals surface area contributed by atoms with Crippen LogP contribution in [0, 0.1) is 6.92 Å². The minimum absolute atomic E-state index is 0.205. The molecule has 0 aliphatic heterocycles. The monoisotopic (exact) mass is 347 g/mol. The quantitative estimate of drug-likeness (QED) is 0.746. The molecule has 2 nitrogen and oxygen atoms in total. The van der Waals surface area contributed by atoms with Crippen LogP contribution >= 0.6 is 15.9 Å². The van der Waals surface area contributed by atoms with Gasteiger partial charge in [0.2, 0.25) is 0 Å². The average Bonchev–Trinajstić information content (AvgIpc) is 2.42. The third-order valence-corrected chi connectivity index (χ3v) is 3.81. The molecular formula is C18H22BrNO. The minimum atomic E-state index is 0.205. The molecule has 0 aliphatic rings. The third kappa shape index (κ3) is 4.50. The number of aryl methyl sites for hydroxylation is 1. The maximum Gasteiger partial charge on any atom is 0.119 e. The largest absolute Gasteiger partial charge is 0.491 e. The van der Waals surface area contributed by atoms with E-state index in [0.29, 0.717) is 0 Å². The molecule has 2 aromatic rings. The fraction of sp³-hybridized carbons (Fsp3) is 0.333.